The Morgan fingerprint density at radius 2 is 1.76 bits per heavy atom. The molecule has 2 aliphatic rings. The van der Waals surface area contributed by atoms with Crippen LogP contribution in [0.3, 0.4) is 0 Å². The Hall–Kier alpha value is -2.70. The number of hydrogen-bond acceptors (Lipinski definition) is 4. The molecule has 0 N–H and O–H groups in total. The van der Waals surface area contributed by atoms with Gasteiger partial charge in [0.25, 0.3) is 5.91 Å². The molecule has 0 atom stereocenters. The Morgan fingerprint density at radius 1 is 1.00 bits per heavy atom. The smallest absolute Gasteiger partial charge is 0.264 e. The van der Waals surface area contributed by atoms with Crippen molar-refractivity contribution in [2.45, 2.75) is 17.1 Å². The highest BCUT2D eigenvalue weighted by Gasteiger charge is 2.31. The van der Waals surface area contributed by atoms with E-state index in [4.69, 9.17) is 0 Å². The van der Waals surface area contributed by atoms with Crippen molar-refractivity contribution in [1.29, 1.82) is 0 Å². The third kappa shape index (κ3) is 3.22. The zero-order valence-electron chi connectivity index (χ0n) is 15.7. The number of fused-ring (bicyclic) bond motifs is 3. The zero-order valence-corrected chi connectivity index (χ0v) is 17.3. The number of amides is 1. The maximum Gasteiger partial charge on any atom is 0.264 e. The number of sulfone groups is 1. The SMILES string of the molecule is O=C(c1cc2c(s1)-c1ccccc1S(=O)(=O)C2)N1CC=C(c2ccccc2)CC1. The van der Waals surface area contributed by atoms with E-state index < -0.39 is 9.84 Å². The second-order valence-corrected chi connectivity index (χ2v) is 10.3. The van der Waals surface area contributed by atoms with Gasteiger partial charge in [0.2, 0.25) is 0 Å². The molecule has 3 aromatic rings. The summed E-state index contributed by atoms with van der Waals surface area (Å²) in [5.41, 5.74) is 3.91. The largest absolute Gasteiger partial charge is 0.334 e. The van der Waals surface area contributed by atoms with E-state index in [9.17, 15) is 13.2 Å². The molecular formula is C23H19NO3S2. The van der Waals surface area contributed by atoms with Gasteiger partial charge in [-0.1, -0.05) is 54.6 Å². The van der Waals surface area contributed by atoms with Crippen LogP contribution in [0.25, 0.3) is 16.0 Å². The van der Waals surface area contributed by atoms with Gasteiger partial charge in [-0.2, -0.15) is 0 Å². The van der Waals surface area contributed by atoms with Crippen LogP contribution >= 0.6 is 11.3 Å². The quantitative estimate of drug-likeness (QED) is 0.606. The molecule has 0 aliphatic carbocycles. The number of carbonyl (C=O) groups excluding carboxylic acids is 1. The van der Waals surface area contributed by atoms with Crippen molar-refractivity contribution in [3.63, 3.8) is 0 Å². The average Bonchev–Trinajstić information content (AvgIpc) is 3.17. The van der Waals surface area contributed by atoms with Gasteiger partial charge in [0.15, 0.2) is 9.84 Å². The van der Waals surface area contributed by atoms with E-state index in [0.717, 1.165) is 16.9 Å². The normalized spacial score (nSPS) is 17.2. The second-order valence-electron chi connectivity index (χ2n) is 7.32. The average molecular weight is 422 g/mol. The number of benzene rings is 2. The van der Waals surface area contributed by atoms with Crippen molar-refractivity contribution in [3.8, 4) is 10.4 Å². The molecule has 0 radical (unpaired) electrons. The summed E-state index contributed by atoms with van der Waals surface area (Å²) < 4.78 is 25.2. The summed E-state index contributed by atoms with van der Waals surface area (Å²) in [4.78, 5) is 16.8. The lowest BCUT2D eigenvalue weighted by atomic mass is 9.99. The summed E-state index contributed by atoms with van der Waals surface area (Å²) in [6, 6.07) is 19.1. The maximum absolute atomic E-state index is 13.1. The van der Waals surface area contributed by atoms with Crippen LogP contribution < -0.4 is 0 Å². The highest BCUT2D eigenvalue weighted by atomic mass is 32.2. The minimum Gasteiger partial charge on any atom is -0.334 e. The first-order chi connectivity index (χ1) is 14.0. The first kappa shape index (κ1) is 18.3. The molecule has 2 aromatic carbocycles. The number of nitrogens with zero attached hydrogens (tertiary/aromatic N) is 1. The van der Waals surface area contributed by atoms with Gasteiger partial charge in [-0.3, -0.25) is 4.79 Å². The highest BCUT2D eigenvalue weighted by Crippen LogP contribution is 2.43. The molecule has 29 heavy (non-hydrogen) atoms. The molecule has 3 heterocycles. The van der Waals surface area contributed by atoms with Crippen molar-refractivity contribution in [2.24, 2.45) is 0 Å². The molecule has 6 heteroatoms. The molecule has 146 valence electrons. The summed E-state index contributed by atoms with van der Waals surface area (Å²) in [5.74, 6) is -0.0658. The van der Waals surface area contributed by atoms with Crippen molar-refractivity contribution < 1.29 is 13.2 Å². The molecule has 1 amide bonds. The van der Waals surface area contributed by atoms with Crippen LogP contribution in [0.4, 0.5) is 0 Å². The van der Waals surface area contributed by atoms with Gasteiger partial charge in [0.1, 0.15) is 0 Å². The van der Waals surface area contributed by atoms with Gasteiger partial charge in [0, 0.05) is 23.5 Å². The lowest BCUT2D eigenvalue weighted by Gasteiger charge is -2.26. The molecule has 5 rings (SSSR count). The fraction of sp³-hybridized carbons (Fsp3) is 0.174. The van der Waals surface area contributed by atoms with Gasteiger partial charge in [-0.15, -0.1) is 11.3 Å². The zero-order chi connectivity index (χ0) is 20.0. The van der Waals surface area contributed by atoms with E-state index >= 15 is 0 Å². The predicted octanol–water partition coefficient (Wildman–Crippen LogP) is 4.63. The topological polar surface area (TPSA) is 54.5 Å². The molecule has 2 aliphatic heterocycles. The van der Waals surface area contributed by atoms with Gasteiger partial charge >= 0.3 is 0 Å². The van der Waals surface area contributed by atoms with Crippen molar-refractivity contribution in [3.05, 3.63) is 82.7 Å². The van der Waals surface area contributed by atoms with Gasteiger partial charge in [-0.05, 0) is 35.3 Å². The molecule has 1 aromatic heterocycles. The van der Waals surface area contributed by atoms with Crippen molar-refractivity contribution in [2.75, 3.05) is 13.1 Å². The molecule has 0 unspecified atom stereocenters. The number of hydrogen-bond donors (Lipinski definition) is 0. The molecule has 0 spiro atoms. The van der Waals surface area contributed by atoms with E-state index in [1.54, 1.807) is 18.2 Å². The molecule has 0 bridgehead atoms. The second kappa shape index (κ2) is 6.97. The van der Waals surface area contributed by atoms with Crippen LogP contribution in [0.1, 0.15) is 27.2 Å². The van der Waals surface area contributed by atoms with Gasteiger partial charge in [0.05, 0.1) is 15.5 Å². The number of carbonyl (C=O) groups is 1. The fourth-order valence-electron chi connectivity index (χ4n) is 4.00. The van der Waals surface area contributed by atoms with Crippen LogP contribution in [-0.2, 0) is 15.6 Å². The van der Waals surface area contributed by atoms with Crippen molar-refractivity contribution in [1.82, 2.24) is 4.90 Å². The molecule has 0 saturated carbocycles. The van der Waals surface area contributed by atoms with E-state index in [1.165, 1.54) is 22.5 Å². The molecular weight excluding hydrogens is 402 g/mol. The summed E-state index contributed by atoms with van der Waals surface area (Å²) >= 11 is 1.40. The Labute approximate surface area is 174 Å². The molecule has 0 saturated heterocycles. The van der Waals surface area contributed by atoms with Gasteiger partial charge < -0.3 is 4.90 Å². The standard InChI is InChI=1S/C23H19NO3S2/c25-23(24-12-10-17(11-13-24)16-6-2-1-3-7-16)20-14-18-15-29(26,27)21-9-5-4-8-19(21)22(18)28-20/h1-10,14H,11-13,15H2. The lowest BCUT2D eigenvalue weighted by molar-refractivity contribution is 0.0777. The van der Waals surface area contributed by atoms with Crippen LogP contribution in [-0.4, -0.2) is 32.3 Å². The maximum atomic E-state index is 13.1. The van der Waals surface area contributed by atoms with Gasteiger partial charge in [-0.25, -0.2) is 8.42 Å². The van der Waals surface area contributed by atoms with E-state index in [2.05, 4.69) is 18.2 Å². The Balaban J connectivity index is 1.42. The first-order valence-corrected chi connectivity index (χ1v) is 12.0. The number of thiophene rings is 1. The predicted molar refractivity (Wildman–Crippen MR) is 116 cm³/mol. The van der Waals surface area contributed by atoms with Crippen molar-refractivity contribution >= 4 is 32.7 Å². The van der Waals surface area contributed by atoms with E-state index in [-0.39, 0.29) is 11.7 Å². The monoisotopic (exact) mass is 421 g/mol. The van der Waals surface area contributed by atoms with E-state index in [1.807, 2.05) is 35.2 Å². The highest BCUT2D eigenvalue weighted by molar-refractivity contribution is 7.91. The summed E-state index contributed by atoms with van der Waals surface area (Å²) in [5, 5.41) is 0. The van der Waals surface area contributed by atoms with Crippen LogP contribution in [0.5, 0.6) is 0 Å². The molecule has 4 nitrogen and oxygen atoms in total. The Morgan fingerprint density at radius 3 is 2.52 bits per heavy atom. The Bertz CT molecular complexity index is 1240. The van der Waals surface area contributed by atoms with Crippen LogP contribution in [0, 0.1) is 0 Å². The minimum absolute atomic E-state index is 0.0253. The molecule has 0 fully saturated rings. The third-order valence-corrected chi connectivity index (χ3v) is 8.39. The summed E-state index contributed by atoms with van der Waals surface area (Å²) in [7, 11) is -3.36. The lowest BCUT2D eigenvalue weighted by Crippen LogP contribution is -2.34. The van der Waals surface area contributed by atoms with Crippen LogP contribution in [0.2, 0.25) is 0 Å². The summed E-state index contributed by atoms with van der Waals surface area (Å²) in [6.07, 6.45) is 2.93. The number of rotatable bonds is 2. The van der Waals surface area contributed by atoms with E-state index in [0.29, 0.717) is 28.4 Å². The minimum atomic E-state index is -3.36. The fourth-order valence-corrected chi connectivity index (χ4v) is 6.93. The Kier molecular flexibility index (Phi) is 4.41. The van der Waals surface area contributed by atoms with Crippen LogP contribution in [0.15, 0.2) is 71.6 Å². The third-order valence-electron chi connectivity index (χ3n) is 5.47. The first-order valence-electron chi connectivity index (χ1n) is 9.51. The summed E-state index contributed by atoms with van der Waals surface area (Å²) in [6.45, 7) is 1.23.